The Morgan fingerprint density at radius 3 is 2.43 bits per heavy atom. The number of nitrogens with one attached hydrogen (secondary N) is 1. The summed E-state index contributed by atoms with van der Waals surface area (Å²) in [5.41, 5.74) is 4.99. The molecule has 110 valence electrons. The molecule has 3 rings (SSSR count). The molecule has 0 bridgehead atoms. The molecule has 1 aliphatic heterocycles. The van der Waals surface area contributed by atoms with Crippen LogP contribution in [0, 0.1) is 12.7 Å². The predicted octanol–water partition coefficient (Wildman–Crippen LogP) is 2.46. The van der Waals surface area contributed by atoms with Gasteiger partial charge in [0, 0.05) is 0 Å². The topological polar surface area (TPSA) is 56.5 Å². The molecule has 1 atom stereocenters. The van der Waals surface area contributed by atoms with Crippen LogP contribution in [-0.4, -0.2) is 13.2 Å². The highest BCUT2D eigenvalue weighted by Gasteiger charge is 2.18. The number of hydrogen-bond acceptors (Lipinski definition) is 4. The summed E-state index contributed by atoms with van der Waals surface area (Å²) in [4.78, 5) is 0. The van der Waals surface area contributed by atoms with E-state index in [0.29, 0.717) is 24.5 Å². The van der Waals surface area contributed by atoms with E-state index in [-0.39, 0.29) is 11.9 Å². The number of fused-ring (bicyclic) bond motifs is 1. The van der Waals surface area contributed by atoms with Crippen LogP contribution in [0.15, 0.2) is 36.4 Å². The van der Waals surface area contributed by atoms with Crippen molar-refractivity contribution in [1.29, 1.82) is 0 Å². The van der Waals surface area contributed by atoms with Gasteiger partial charge in [-0.3, -0.25) is 5.84 Å². The molecule has 0 fully saturated rings. The molecule has 0 amide bonds. The van der Waals surface area contributed by atoms with E-state index in [1.807, 2.05) is 24.3 Å². The maximum atomic E-state index is 13.8. The lowest BCUT2D eigenvalue weighted by molar-refractivity contribution is 0.171. The predicted molar refractivity (Wildman–Crippen MR) is 77.7 cm³/mol. The summed E-state index contributed by atoms with van der Waals surface area (Å²) >= 11 is 0. The quantitative estimate of drug-likeness (QED) is 0.673. The number of aryl methyl sites for hydroxylation is 1. The molecule has 21 heavy (non-hydrogen) atoms. The monoisotopic (exact) mass is 288 g/mol. The molecule has 1 unspecified atom stereocenters. The standard InChI is InChI=1S/C16H17FN2O2/c1-10-2-3-11(8-13(10)17)16(19-18)12-4-5-14-15(9-12)21-7-6-20-14/h2-5,8-9,16,19H,6-7,18H2,1H3. The van der Waals surface area contributed by atoms with Gasteiger partial charge in [0.1, 0.15) is 19.0 Å². The molecule has 3 N–H and O–H groups in total. The van der Waals surface area contributed by atoms with Gasteiger partial charge in [-0.2, -0.15) is 0 Å². The molecule has 0 aliphatic carbocycles. The number of rotatable bonds is 3. The minimum Gasteiger partial charge on any atom is -0.486 e. The van der Waals surface area contributed by atoms with E-state index in [9.17, 15) is 4.39 Å². The third-order valence-corrected chi connectivity index (χ3v) is 3.60. The zero-order valence-electron chi connectivity index (χ0n) is 11.7. The first-order chi connectivity index (χ1) is 10.2. The normalized spacial score (nSPS) is 14.8. The Balaban J connectivity index is 1.97. The van der Waals surface area contributed by atoms with Gasteiger partial charge in [0.25, 0.3) is 0 Å². The smallest absolute Gasteiger partial charge is 0.161 e. The molecule has 2 aromatic carbocycles. The largest absolute Gasteiger partial charge is 0.486 e. The highest BCUT2D eigenvalue weighted by Crippen LogP contribution is 2.34. The first-order valence-electron chi connectivity index (χ1n) is 6.81. The fourth-order valence-corrected chi connectivity index (χ4v) is 2.41. The van der Waals surface area contributed by atoms with Crippen LogP contribution in [0.3, 0.4) is 0 Å². The Bertz CT molecular complexity index is 661. The summed E-state index contributed by atoms with van der Waals surface area (Å²) in [7, 11) is 0. The average Bonchev–Trinajstić information content (AvgIpc) is 2.51. The Kier molecular flexibility index (Phi) is 3.77. The van der Waals surface area contributed by atoms with Crippen molar-refractivity contribution in [2.24, 2.45) is 5.84 Å². The molecular weight excluding hydrogens is 271 g/mol. The summed E-state index contributed by atoms with van der Waals surface area (Å²) < 4.78 is 24.8. The molecule has 1 aliphatic rings. The minimum atomic E-state index is -0.309. The van der Waals surface area contributed by atoms with Crippen molar-refractivity contribution in [2.75, 3.05) is 13.2 Å². The van der Waals surface area contributed by atoms with Crippen molar-refractivity contribution >= 4 is 0 Å². The summed E-state index contributed by atoms with van der Waals surface area (Å²) in [6.45, 7) is 2.80. The SMILES string of the molecule is Cc1ccc(C(NN)c2ccc3c(c2)OCCO3)cc1F. The van der Waals surface area contributed by atoms with Crippen molar-refractivity contribution in [3.05, 3.63) is 58.9 Å². The number of benzene rings is 2. The molecule has 4 nitrogen and oxygen atoms in total. The number of nitrogens with two attached hydrogens (primary N) is 1. The van der Waals surface area contributed by atoms with Crippen LogP contribution in [0.1, 0.15) is 22.7 Å². The van der Waals surface area contributed by atoms with Crippen LogP contribution in [-0.2, 0) is 0 Å². The third-order valence-electron chi connectivity index (χ3n) is 3.60. The molecule has 0 saturated heterocycles. The maximum Gasteiger partial charge on any atom is 0.161 e. The Morgan fingerprint density at radius 1 is 1.05 bits per heavy atom. The van der Waals surface area contributed by atoms with Gasteiger partial charge in [-0.15, -0.1) is 0 Å². The van der Waals surface area contributed by atoms with Gasteiger partial charge < -0.3 is 9.47 Å². The van der Waals surface area contributed by atoms with Gasteiger partial charge in [-0.05, 0) is 41.8 Å². The zero-order valence-corrected chi connectivity index (χ0v) is 11.7. The Labute approximate surface area is 122 Å². The van der Waals surface area contributed by atoms with E-state index < -0.39 is 0 Å². The van der Waals surface area contributed by atoms with E-state index in [0.717, 1.165) is 16.9 Å². The van der Waals surface area contributed by atoms with E-state index in [1.54, 1.807) is 13.0 Å². The molecular formula is C16H17FN2O2. The Hall–Kier alpha value is -2.11. The number of ether oxygens (including phenoxy) is 2. The number of hydrazine groups is 1. The lowest BCUT2D eigenvalue weighted by Crippen LogP contribution is -2.29. The first kappa shape index (κ1) is 13.9. The van der Waals surface area contributed by atoms with Gasteiger partial charge >= 0.3 is 0 Å². The molecule has 5 heteroatoms. The van der Waals surface area contributed by atoms with Crippen molar-refractivity contribution in [1.82, 2.24) is 5.43 Å². The second kappa shape index (κ2) is 5.71. The van der Waals surface area contributed by atoms with Crippen LogP contribution in [0.5, 0.6) is 11.5 Å². The van der Waals surface area contributed by atoms with Crippen molar-refractivity contribution in [3.8, 4) is 11.5 Å². The van der Waals surface area contributed by atoms with Crippen LogP contribution < -0.4 is 20.7 Å². The lowest BCUT2D eigenvalue weighted by atomic mass is 9.97. The minimum absolute atomic E-state index is 0.245. The van der Waals surface area contributed by atoms with Crippen LogP contribution in [0.2, 0.25) is 0 Å². The maximum absolute atomic E-state index is 13.8. The second-order valence-corrected chi connectivity index (χ2v) is 5.01. The highest BCUT2D eigenvalue weighted by molar-refractivity contribution is 5.46. The van der Waals surface area contributed by atoms with Gasteiger partial charge in [-0.25, -0.2) is 9.82 Å². The molecule has 0 saturated carbocycles. The van der Waals surface area contributed by atoms with E-state index in [1.165, 1.54) is 6.07 Å². The van der Waals surface area contributed by atoms with E-state index in [2.05, 4.69) is 5.43 Å². The Morgan fingerprint density at radius 2 is 1.71 bits per heavy atom. The average molecular weight is 288 g/mol. The van der Waals surface area contributed by atoms with Crippen LogP contribution >= 0.6 is 0 Å². The summed E-state index contributed by atoms with van der Waals surface area (Å²) in [5.74, 6) is 6.82. The van der Waals surface area contributed by atoms with Gasteiger partial charge in [0.15, 0.2) is 11.5 Å². The number of halogens is 1. The number of hydrogen-bond donors (Lipinski definition) is 2. The van der Waals surface area contributed by atoms with Crippen LogP contribution in [0.25, 0.3) is 0 Å². The third kappa shape index (κ3) is 2.70. The summed E-state index contributed by atoms with van der Waals surface area (Å²) in [5, 5.41) is 0. The van der Waals surface area contributed by atoms with Crippen molar-refractivity contribution in [2.45, 2.75) is 13.0 Å². The zero-order chi connectivity index (χ0) is 14.8. The summed E-state index contributed by atoms with van der Waals surface area (Å²) in [6.07, 6.45) is 0. The molecule has 0 radical (unpaired) electrons. The first-order valence-corrected chi connectivity index (χ1v) is 6.81. The van der Waals surface area contributed by atoms with Gasteiger partial charge in [0.05, 0.1) is 6.04 Å². The summed E-state index contributed by atoms with van der Waals surface area (Å²) in [6, 6.07) is 10.4. The fourth-order valence-electron chi connectivity index (χ4n) is 2.41. The van der Waals surface area contributed by atoms with Gasteiger partial charge in [-0.1, -0.05) is 18.2 Å². The van der Waals surface area contributed by atoms with Crippen molar-refractivity contribution in [3.63, 3.8) is 0 Å². The second-order valence-electron chi connectivity index (χ2n) is 5.01. The molecule has 0 aromatic heterocycles. The van der Waals surface area contributed by atoms with Gasteiger partial charge in [0.2, 0.25) is 0 Å². The lowest BCUT2D eigenvalue weighted by Gasteiger charge is -2.22. The van der Waals surface area contributed by atoms with E-state index in [4.69, 9.17) is 15.3 Å². The fraction of sp³-hybridized carbons (Fsp3) is 0.250. The molecule has 1 heterocycles. The highest BCUT2D eigenvalue weighted by atomic mass is 19.1. The molecule has 2 aromatic rings. The van der Waals surface area contributed by atoms with Crippen molar-refractivity contribution < 1.29 is 13.9 Å². The van der Waals surface area contributed by atoms with E-state index >= 15 is 0 Å². The van der Waals surface area contributed by atoms with Crippen LogP contribution in [0.4, 0.5) is 4.39 Å². The molecule has 0 spiro atoms.